The van der Waals surface area contributed by atoms with Crippen LogP contribution in [0.25, 0.3) is 0 Å². The molecule has 0 radical (unpaired) electrons. The molecule has 2 atom stereocenters. The Morgan fingerprint density at radius 1 is 0.608 bits per heavy atom. The molecule has 0 rings (SSSR count). The van der Waals surface area contributed by atoms with Gasteiger partial charge in [0.15, 0.2) is 6.10 Å². The Balaban J connectivity index is 4.42. The number of carbonyl (C=O) groups is 2. The summed E-state index contributed by atoms with van der Waals surface area (Å²) in [4.78, 5) is 37.4. The van der Waals surface area contributed by atoms with Crippen LogP contribution < -0.4 is 4.89 Å². The van der Waals surface area contributed by atoms with Crippen molar-refractivity contribution in [1.29, 1.82) is 0 Å². The van der Waals surface area contributed by atoms with Crippen LogP contribution in [0.1, 0.15) is 174 Å². The summed E-state index contributed by atoms with van der Waals surface area (Å²) in [7, 11) is 1.16. The minimum atomic E-state index is -4.62. The van der Waals surface area contributed by atoms with Crippen LogP contribution in [-0.2, 0) is 32.7 Å². The number of quaternary nitrogens is 1. The molecule has 0 spiro atoms. The quantitative estimate of drug-likeness (QED) is 0.0203. The van der Waals surface area contributed by atoms with Crippen LogP contribution in [-0.4, -0.2) is 70.0 Å². The van der Waals surface area contributed by atoms with Crippen LogP contribution in [0.4, 0.5) is 0 Å². The minimum absolute atomic E-state index is 0.0321. The Labute approximate surface area is 313 Å². The monoisotopic (exact) mass is 744 g/mol. The van der Waals surface area contributed by atoms with E-state index in [1.807, 2.05) is 21.1 Å². The summed E-state index contributed by atoms with van der Waals surface area (Å²) in [6, 6.07) is 0. The van der Waals surface area contributed by atoms with Crippen molar-refractivity contribution < 1.29 is 42.1 Å². The molecule has 51 heavy (non-hydrogen) atoms. The standard InChI is InChI=1S/C41H78NO8P/c1-6-8-10-12-14-16-18-20-22-24-26-28-30-32-34-41(44)50-39(38-49-51(45,46)48-36-35-42(3,4)5)37-47-40(43)33-31-29-27-25-23-21-19-17-15-13-11-9-7-2/h12,14,18,20,39H,6-11,13,15-17,19,21-38H2,1-5H3/b14-12-,20-18-. The van der Waals surface area contributed by atoms with E-state index >= 15 is 0 Å². The summed E-state index contributed by atoms with van der Waals surface area (Å²) in [5.41, 5.74) is 0. The van der Waals surface area contributed by atoms with E-state index in [-0.39, 0.29) is 32.0 Å². The van der Waals surface area contributed by atoms with Gasteiger partial charge in [-0.15, -0.1) is 0 Å². The van der Waals surface area contributed by atoms with E-state index in [0.717, 1.165) is 64.2 Å². The second-order valence-corrected chi connectivity index (χ2v) is 16.4. The van der Waals surface area contributed by atoms with Crippen molar-refractivity contribution in [2.45, 2.75) is 180 Å². The van der Waals surface area contributed by atoms with Gasteiger partial charge in [0.2, 0.25) is 0 Å². The van der Waals surface area contributed by atoms with E-state index in [1.54, 1.807) is 0 Å². The number of rotatable bonds is 37. The third kappa shape index (κ3) is 38.0. The highest BCUT2D eigenvalue weighted by atomic mass is 31.2. The second kappa shape index (κ2) is 34.3. The van der Waals surface area contributed by atoms with E-state index in [4.69, 9.17) is 18.5 Å². The summed E-state index contributed by atoms with van der Waals surface area (Å²) in [6.45, 7) is 4.16. The zero-order valence-corrected chi connectivity index (χ0v) is 34.4. The van der Waals surface area contributed by atoms with Gasteiger partial charge in [0.25, 0.3) is 7.82 Å². The molecular weight excluding hydrogens is 665 g/mol. The molecule has 0 N–H and O–H groups in total. The Morgan fingerprint density at radius 2 is 1.08 bits per heavy atom. The first kappa shape index (κ1) is 49.5. The Hall–Kier alpha value is -1.51. The summed E-state index contributed by atoms with van der Waals surface area (Å²) >= 11 is 0. The molecule has 0 saturated carbocycles. The van der Waals surface area contributed by atoms with Crippen molar-refractivity contribution in [1.82, 2.24) is 0 Å². The molecular formula is C41H78NO8P. The molecule has 0 fully saturated rings. The number of allylic oxidation sites excluding steroid dienone is 4. The van der Waals surface area contributed by atoms with Crippen LogP contribution in [0.3, 0.4) is 0 Å². The largest absolute Gasteiger partial charge is 0.756 e. The maximum Gasteiger partial charge on any atom is 0.306 e. The van der Waals surface area contributed by atoms with Crippen molar-refractivity contribution in [3.05, 3.63) is 24.3 Å². The highest BCUT2D eigenvalue weighted by Gasteiger charge is 2.21. The van der Waals surface area contributed by atoms with Gasteiger partial charge in [-0.25, -0.2) is 0 Å². The van der Waals surface area contributed by atoms with Crippen molar-refractivity contribution in [3.8, 4) is 0 Å². The van der Waals surface area contributed by atoms with Crippen molar-refractivity contribution in [3.63, 3.8) is 0 Å². The van der Waals surface area contributed by atoms with Crippen molar-refractivity contribution in [2.24, 2.45) is 0 Å². The number of unbranched alkanes of at least 4 members (excludes halogenated alkanes) is 19. The SMILES string of the molecule is CCCC/C=C\C/C=C\CCCCCCCC(=O)OC(COC(=O)CCCCCCCCCCCCCCC)COP(=O)([O-])OCC[N+](C)(C)C. The lowest BCUT2D eigenvalue weighted by atomic mass is 10.0. The van der Waals surface area contributed by atoms with Crippen LogP contribution in [0.15, 0.2) is 24.3 Å². The van der Waals surface area contributed by atoms with Crippen LogP contribution in [0, 0.1) is 0 Å². The number of esters is 2. The average molecular weight is 744 g/mol. The highest BCUT2D eigenvalue weighted by Crippen LogP contribution is 2.38. The second-order valence-electron chi connectivity index (χ2n) is 15.0. The fraction of sp³-hybridized carbons (Fsp3) is 0.854. The smallest absolute Gasteiger partial charge is 0.306 e. The van der Waals surface area contributed by atoms with Gasteiger partial charge in [-0.1, -0.05) is 147 Å². The molecule has 0 aromatic rings. The van der Waals surface area contributed by atoms with Gasteiger partial charge in [-0.2, -0.15) is 0 Å². The number of nitrogens with zero attached hydrogens (tertiary/aromatic N) is 1. The number of likely N-dealkylation sites (N-methyl/N-ethyl adjacent to an activating group) is 1. The first-order valence-electron chi connectivity index (χ1n) is 20.5. The van der Waals surface area contributed by atoms with E-state index in [9.17, 15) is 19.0 Å². The number of phosphoric acid groups is 1. The summed E-state index contributed by atoms with van der Waals surface area (Å²) in [5, 5.41) is 0. The first-order chi connectivity index (χ1) is 24.5. The van der Waals surface area contributed by atoms with Crippen LogP contribution in [0.5, 0.6) is 0 Å². The molecule has 9 nitrogen and oxygen atoms in total. The van der Waals surface area contributed by atoms with E-state index in [0.29, 0.717) is 17.4 Å². The van der Waals surface area contributed by atoms with Crippen molar-refractivity contribution in [2.75, 3.05) is 47.5 Å². The molecule has 0 aliphatic heterocycles. The number of carbonyl (C=O) groups excluding carboxylic acids is 2. The molecule has 0 aromatic heterocycles. The number of ether oxygens (including phenoxy) is 2. The molecule has 0 saturated heterocycles. The van der Waals surface area contributed by atoms with Crippen molar-refractivity contribution >= 4 is 19.8 Å². The molecule has 0 aliphatic carbocycles. The van der Waals surface area contributed by atoms with Gasteiger partial charge in [0, 0.05) is 12.8 Å². The Kier molecular flexibility index (Phi) is 33.3. The fourth-order valence-electron chi connectivity index (χ4n) is 5.43. The first-order valence-corrected chi connectivity index (χ1v) is 22.0. The number of phosphoric ester groups is 1. The lowest BCUT2D eigenvalue weighted by molar-refractivity contribution is -0.870. The lowest BCUT2D eigenvalue weighted by Crippen LogP contribution is -2.37. The van der Waals surface area contributed by atoms with Gasteiger partial charge in [0.05, 0.1) is 27.7 Å². The molecule has 0 bridgehead atoms. The average Bonchev–Trinajstić information content (AvgIpc) is 3.07. The molecule has 0 heterocycles. The highest BCUT2D eigenvalue weighted by molar-refractivity contribution is 7.45. The van der Waals surface area contributed by atoms with Gasteiger partial charge < -0.3 is 27.9 Å². The topological polar surface area (TPSA) is 111 Å². The van der Waals surface area contributed by atoms with Gasteiger partial charge in [0.1, 0.15) is 19.8 Å². The van der Waals surface area contributed by atoms with Gasteiger partial charge >= 0.3 is 11.9 Å². The third-order valence-corrected chi connectivity index (χ3v) is 9.69. The molecule has 300 valence electrons. The van der Waals surface area contributed by atoms with E-state index in [2.05, 4.69) is 38.2 Å². The van der Waals surface area contributed by atoms with Crippen LogP contribution in [0.2, 0.25) is 0 Å². The zero-order valence-electron chi connectivity index (χ0n) is 33.6. The zero-order chi connectivity index (χ0) is 37.9. The predicted octanol–water partition coefficient (Wildman–Crippen LogP) is 10.6. The van der Waals surface area contributed by atoms with E-state index < -0.39 is 26.5 Å². The van der Waals surface area contributed by atoms with Gasteiger partial charge in [-0.05, 0) is 38.5 Å². The Morgan fingerprint density at radius 3 is 1.61 bits per heavy atom. The number of hydrogen-bond acceptors (Lipinski definition) is 8. The van der Waals surface area contributed by atoms with Crippen LogP contribution >= 0.6 is 7.82 Å². The fourth-order valence-corrected chi connectivity index (χ4v) is 6.16. The maximum atomic E-state index is 12.6. The molecule has 2 unspecified atom stereocenters. The summed E-state index contributed by atoms with van der Waals surface area (Å²) in [6.07, 6.45) is 34.8. The maximum absolute atomic E-state index is 12.6. The third-order valence-electron chi connectivity index (χ3n) is 8.72. The molecule has 10 heteroatoms. The summed E-state index contributed by atoms with van der Waals surface area (Å²) < 4.78 is 33.8. The molecule has 0 aromatic carbocycles. The molecule has 0 aliphatic rings. The molecule has 0 amide bonds. The van der Waals surface area contributed by atoms with Gasteiger partial charge in [-0.3, -0.25) is 14.2 Å². The number of hydrogen-bond donors (Lipinski definition) is 0. The van der Waals surface area contributed by atoms with E-state index in [1.165, 1.54) is 77.0 Å². The predicted molar refractivity (Wildman–Crippen MR) is 208 cm³/mol. The summed E-state index contributed by atoms with van der Waals surface area (Å²) in [5.74, 6) is -0.848. The minimum Gasteiger partial charge on any atom is -0.756 e. The Bertz CT molecular complexity index is 933. The normalized spacial score (nSPS) is 13.9. The lowest BCUT2D eigenvalue weighted by Gasteiger charge is -2.28.